The van der Waals surface area contributed by atoms with Gasteiger partial charge in [-0.3, -0.25) is 4.68 Å². The molecule has 0 bridgehead atoms. The summed E-state index contributed by atoms with van der Waals surface area (Å²) in [6, 6.07) is 0. The smallest absolute Gasteiger partial charge is 0.261 e. The zero-order valence-electron chi connectivity index (χ0n) is 12.0. The Morgan fingerprint density at radius 1 is 1.48 bits per heavy atom. The second-order valence-electron chi connectivity index (χ2n) is 5.04. The van der Waals surface area contributed by atoms with Crippen molar-refractivity contribution in [1.82, 2.24) is 14.1 Å². The lowest BCUT2D eigenvalue weighted by Crippen LogP contribution is -2.41. The van der Waals surface area contributed by atoms with E-state index < -0.39 is 10.0 Å². The van der Waals surface area contributed by atoms with Crippen LogP contribution in [0.2, 0.25) is 5.02 Å². The third kappa shape index (κ3) is 3.75. The molecule has 0 aromatic carbocycles. The lowest BCUT2D eigenvalue weighted by atomic mass is 10.1. The molecule has 21 heavy (non-hydrogen) atoms. The number of sulfonamides is 1. The van der Waals surface area contributed by atoms with Crippen molar-refractivity contribution in [3.05, 3.63) is 11.2 Å². The predicted octanol–water partition coefficient (Wildman–Crippen LogP) is 0.592. The Kier molecular flexibility index (Phi) is 5.61. The minimum absolute atomic E-state index is 0.0478. The van der Waals surface area contributed by atoms with Crippen molar-refractivity contribution >= 4 is 21.6 Å². The average molecular weight is 337 g/mol. The number of ether oxygens (including phenoxy) is 1. The van der Waals surface area contributed by atoms with Gasteiger partial charge in [0.05, 0.1) is 17.3 Å². The standard InChI is InChI=1S/C12H21ClN4O3S/c1-16-12(11(13)9-15-16)21(18,19)17-6-3-10(4-7-17)20-8-2-5-14/h9-10H,2-8,14H2,1H3. The SMILES string of the molecule is Cn1ncc(Cl)c1S(=O)(=O)N1CCC(OCCCN)CC1. The Morgan fingerprint density at radius 3 is 2.67 bits per heavy atom. The van der Waals surface area contributed by atoms with E-state index in [9.17, 15) is 8.42 Å². The van der Waals surface area contributed by atoms with Gasteiger partial charge >= 0.3 is 0 Å². The fraction of sp³-hybridized carbons (Fsp3) is 0.750. The summed E-state index contributed by atoms with van der Waals surface area (Å²) in [5.41, 5.74) is 5.42. The van der Waals surface area contributed by atoms with E-state index in [0.717, 1.165) is 6.42 Å². The molecule has 1 aliphatic heterocycles. The Balaban J connectivity index is 1.98. The molecule has 0 saturated carbocycles. The maximum Gasteiger partial charge on any atom is 0.261 e. The summed E-state index contributed by atoms with van der Waals surface area (Å²) in [7, 11) is -2.03. The van der Waals surface area contributed by atoms with E-state index >= 15 is 0 Å². The molecule has 1 aromatic rings. The summed E-state index contributed by atoms with van der Waals surface area (Å²) in [5.74, 6) is 0. The van der Waals surface area contributed by atoms with Crippen LogP contribution in [0.3, 0.4) is 0 Å². The third-order valence-electron chi connectivity index (χ3n) is 3.53. The Bertz CT molecular complexity index is 548. The highest BCUT2D eigenvalue weighted by Crippen LogP contribution is 2.26. The van der Waals surface area contributed by atoms with E-state index in [2.05, 4.69) is 5.10 Å². The fourth-order valence-electron chi connectivity index (χ4n) is 2.38. The van der Waals surface area contributed by atoms with Gasteiger partial charge in [-0.05, 0) is 25.8 Å². The van der Waals surface area contributed by atoms with Crippen LogP contribution in [0.4, 0.5) is 0 Å². The predicted molar refractivity (Wildman–Crippen MR) is 79.6 cm³/mol. The summed E-state index contributed by atoms with van der Waals surface area (Å²) >= 11 is 5.94. The molecule has 1 fully saturated rings. The molecule has 7 nitrogen and oxygen atoms in total. The molecule has 120 valence electrons. The molecule has 1 saturated heterocycles. The van der Waals surface area contributed by atoms with E-state index in [1.54, 1.807) is 7.05 Å². The molecule has 2 rings (SSSR count). The van der Waals surface area contributed by atoms with Crippen molar-refractivity contribution in [1.29, 1.82) is 0 Å². The van der Waals surface area contributed by atoms with Crippen molar-refractivity contribution in [2.75, 3.05) is 26.2 Å². The van der Waals surface area contributed by atoms with Crippen LogP contribution in [0.25, 0.3) is 0 Å². The fourth-order valence-corrected chi connectivity index (χ4v) is 4.46. The van der Waals surface area contributed by atoms with Crippen LogP contribution in [0.5, 0.6) is 0 Å². The van der Waals surface area contributed by atoms with Crippen LogP contribution in [0.15, 0.2) is 11.2 Å². The highest BCUT2D eigenvalue weighted by atomic mass is 35.5. The highest BCUT2D eigenvalue weighted by molar-refractivity contribution is 7.89. The van der Waals surface area contributed by atoms with Gasteiger partial charge in [0.1, 0.15) is 0 Å². The van der Waals surface area contributed by atoms with E-state index in [0.29, 0.717) is 39.1 Å². The third-order valence-corrected chi connectivity index (χ3v) is 5.94. The maximum absolute atomic E-state index is 12.6. The zero-order chi connectivity index (χ0) is 15.5. The van der Waals surface area contributed by atoms with Crippen LogP contribution in [0, 0.1) is 0 Å². The summed E-state index contributed by atoms with van der Waals surface area (Å²) in [5, 5.41) is 4.08. The van der Waals surface area contributed by atoms with Gasteiger partial charge in [-0.2, -0.15) is 9.40 Å². The van der Waals surface area contributed by atoms with Gasteiger partial charge in [-0.15, -0.1) is 0 Å². The van der Waals surface area contributed by atoms with E-state index in [-0.39, 0.29) is 16.2 Å². The first kappa shape index (κ1) is 16.7. The van der Waals surface area contributed by atoms with Gasteiger partial charge < -0.3 is 10.5 Å². The van der Waals surface area contributed by atoms with Crippen molar-refractivity contribution in [3.8, 4) is 0 Å². The van der Waals surface area contributed by atoms with E-state index in [4.69, 9.17) is 22.1 Å². The largest absolute Gasteiger partial charge is 0.378 e. The minimum Gasteiger partial charge on any atom is -0.378 e. The number of hydrogen-bond acceptors (Lipinski definition) is 5. The van der Waals surface area contributed by atoms with E-state index in [1.165, 1.54) is 15.2 Å². The molecule has 0 aliphatic carbocycles. The number of halogens is 1. The van der Waals surface area contributed by atoms with Crippen LogP contribution < -0.4 is 5.73 Å². The molecule has 1 aromatic heterocycles. The molecule has 9 heteroatoms. The zero-order valence-corrected chi connectivity index (χ0v) is 13.6. The molecule has 1 aliphatic rings. The molecule has 0 atom stereocenters. The monoisotopic (exact) mass is 336 g/mol. The molecule has 2 N–H and O–H groups in total. The van der Waals surface area contributed by atoms with Gasteiger partial charge in [0.2, 0.25) is 0 Å². The first-order chi connectivity index (χ1) is 9.96. The van der Waals surface area contributed by atoms with Gasteiger partial charge in [-0.1, -0.05) is 11.6 Å². The Morgan fingerprint density at radius 2 is 2.14 bits per heavy atom. The number of rotatable bonds is 6. The number of nitrogens with two attached hydrogens (primary N) is 1. The number of hydrogen-bond donors (Lipinski definition) is 1. The molecular weight excluding hydrogens is 316 g/mol. The Hall–Kier alpha value is -0.670. The van der Waals surface area contributed by atoms with Crippen molar-refractivity contribution < 1.29 is 13.2 Å². The van der Waals surface area contributed by atoms with Crippen molar-refractivity contribution in [3.63, 3.8) is 0 Å². The number of aryl methyl sites for hydroxylation is 1. The summed E-state index contributed by atoms with van der Waals surface area (Å²) in [6.45, 7) is 2.09. The molecule has 0 unspecified atom stereocenters. The van der Waals surface area contributed by atoms with Crippen LogP contribution >= 0.6 is 11.6 Å². The molecular formula is C12H21ClN4O3S. The number of nitrogens with zero attached hydrogens (tertiary/aromatic N) is 3. The van der Waals surface area contributed by atoms with Crippen LogP contribution in [-0.4, -0.2) is 54.8 Å². The van der Waals surface area contributed by atoms with Gasteiger partial charge in [0, 0.05) is 26.7 Å². The first-order valence-corrected chi connectivity index (χ1v) is 8.78. The second kappa shape index (κ2) is 7.06. The lowest BCUT2D eigenvalue weighted by molar-refractivity contribution is 0.0208. The summed E-state index contributed by atoms with van der Waals surface area (Å²) < 4.78 is 33.6. The quantitative estimate of drug-likeness (QED) is 0.768. The molecule has 0 amide bonds. The summed E-state index contributed by atoms with van der Waals surface area (Å²) in [4.78, 5) is 0. The van der Waals surface area contributed by atoms with Crippen LogP contribution in [0.1, 0.15) is 19.3 Å². The number of piperidine rings is 1. The lowest BCUT2D eigenvalue weighted by Gasteiger charge is -2.31. The normalized spacial score (nSPS) is 18.2. The average Bonchev–Trinajstić information content (AvgIpc) is 2.79. The molecule has 2 heterocycles. The highest BCUT2D eigenvalue weighted by Gasteiger charge is 2.33. The van der Waals surface area contributed by atoms with Crippen molar-refractivity contribution in [2.45, 2.75) is 30.4 Å². The van der Waals surface area contributed by atoms with Crippen molar-refractivity contribution in [2.24, 2.45) is 12.8 Å². The topological polar surface area (TPSA) is 90.5 Å². The van der Waals surface area contributed by atoms with Gasteiger partial charge in [0.15, 0.2) is 5.03 Å². The van der Waals surface area contributed by atoms with E-state index in [1.807, 2.05) is 0 Å². The summed E-state index contributed by atoms with van der Waals surface area (Å²) in [6.07, 6.45) is 3.63. The molecule has 0 spiro atoms. The number of aromatic nitrogens is 2. The first-order valence-electron chi connectivity index (χ1n) is 6.96. The van der Waals surface area contributed by atoms with Gasteiger partial charge in [0.25, 0.3) is 10.0 Å². The Labute approximate surface area is 130 Å². The molecule has 0 radical (unpaired) electrons. The second-order valence-corrected chi connectivity index (χ2v) is 7.30. The minimum atomic E-state index is -3.60. The van der Waals surface area contributed by atoms with Gasteiger partial charge in [-0.25, -0.2) is 8.42 Å². The maximum atomic E-state index is 12.6. The van der Waals surface area contributed by atoms with Crippen LogP contribution in [-0.2, 0) is 21.8 Å².